The average Bonchev–Trinajstić information content (AvgIpc) is 2.50. The molecule has 1 unspecified atom stereocenters. The highest BCUT2D eigenvalue weighted by atomic mass is 16.6. The maximum atomic E-state index is 12.0. The smallest absolute Gasteiger partial charge is 0.426 e. The lowest BCUT2D eigenvalue weighted by Crippen LogP contribution is -2.54. The Morgan fingerprint density at radius 2 is 2.05 bits per heavy atom. The van der Waals surface area contributed by atoms with Crippen molar-refractivity contribution in [2.75, 3.05) is 0 Å². The molecule has 1 aliphatic heterocycles. The molecule has 2 rings (SSSR count). The Bertz CT molecular complexity index is 530. The van der Waals surface area contributed by atoms with Crippen LogP contribution >= 0.6 is 0 Å². The quantitative estimate of drug-likeness (QED) is 0.861. The molecule has 1 saturated heterocycles. The van der Waals surface area contributed by atoms with Crippen LogP contribution in [0.3, 0.4) is 0 Å². The number of piperidine rings is 1. The SMILES string of the molecule is CCC1CCC(=O)N(NC(=O)OCc2ccccc2)C1=O. The Balaban J connectivity index is 1.89. The van der Waals surface area contributed by atoms with Crippen molar-refractivity contribution < 1.29 is 19.1 Å². The van der Waals surface area contributed by atoms with Crippen LogP contribution in [0.15, 0.2) is 30.3 Å². The number of hydrazine groups is 1. The number of carbonyl (C=O) groups is 3. The van der Waals surface area contributed by atoms with Crippen molar-refractivity contribution >= 4 is 17.9 Å². The van der Waals surface area contributed by atoms with Gasteiger partial charge < -0.3 is 4.74 Å². The summed E-state index contributed by atoms with van der Waals surface area (Å²) in [6, 6.07) is 9.16. The highest BCUT2D eigenvalue weighted by molar-refractivity contribution is 5.99. The van der Waals surface area contributed by atoms with Crippen LogP contribution in [0.1, 0.15) is 31.7 Å². The first-order chi connectivity index (χ1) is 10.1. The van der Waals surface area contributed by atoms with Crippen molar-refractivity contribution in [3.8, 4) is 0 Å². The van der Waals surface area contributed by atoms with Crippen LogP contribution in [0, 0.1) is 5.92 Å². The average molecular weight is 290 g/mol. The van der Waals surface area contributed by atoms with Gasteiger partial charge in [-0.05, 0) is 18.4 Å². The monoisotopic (exact) mass is 290 g/mol. The van der Waals surface area contributed by atoms with Crippen LogP contribution < -0.4 is 5.43 Å². The van der Waals surface area contributed by atoms with Crippen LogP contribution in [-0.2, 0) is 20.9 Å². The molecule has 1 aliphatic rings. The number of rotatable bonds is 4. The summed E-state index contributed by atoms with van der Waals surface area (Å²) in [5.74, 6) is -0.996. The third kappa shape index (κ3) is 3.81. The van der Waals surface area contributed by atoms with Crippen molar-refractivity contribution in [3.05, 3.63) is 35.9 Å². The highest BCUT2D eigenvalue weighted by Crippen LogP contribution is 2.20. The van der Waals surface area contributed by atoms with Gasteiger partial charge in [0.15, 0.2) is 0 Å². The number of amides is 3. The molecule has 1 N–H and O–H groups in total. The maximum Gasteiger partial charge on any atom is 0.426 e. The standard InChI is InChI=1S/C15H18N2O4/c1-2-12-8-9-13(18)17(14(12)19)16-15(20)21-10-11-6-4-3-5-7-11/h3-7,12H,2,8-10H2,1H3,(H,16,20). The molecule has 0 spiro atoms. The van der Waals surface area contributed by atoms with Gasteiger partial charge in [0.1, 0.15) is 6.61 Å². The van der Waals surface area contributed by atoms with Gasteiger partial charge in [0.05, 0.1) is 0 Å². The number of ether oxygens (including phenoxy) is 1. The fraction of sp³-hybridized carbons (Fsp3) is 0.400. The summed E-state index contributed by atoms with van der Waals surface area (Å²) in [4.78, 5) is 35.4. The molecular formula is C15H18N2O4. The second-order valence-corrected chi connectivity index (χ2v) is 4.88. The summed E-state index contributed by atoms with van der Waals surface area (Å²) in [7, 11) is 0. The second kappa shape index (κ2) is 6.88. The minimum atomic E-state index is -0.808. The van der Waals surface area contributed by atoms with Crippen molar-refractivity contribution in [2.24, 2.45) is 5.92 Å². The predicted octanol–water partition coefficient (Wildman–Crippen LogP) is 2.00. The molecule has 0 radical (unpaired) electrons. The van der Waals surface area contributed by atoms with Gasteiger partial charge in [-0.15, -0.1) is 0 Å². The van der Waals surface area contributed by atoms with Crippen molar-refractivity contribution in [1.29, 1.82) is 0 Å². The summed E-state index contributed by atoms with van der Waals surface area (Å²) < 4.78 is 5.00. The predicted molar refractivity (Wildman–Crippen MR) is 74.6 cm³/mol. The number of nitrogens with zero attached hydrogens (tertiary/aromatic N) is 1. The molecule has 3 amide bonds. The fourth-order valence-corrected chi connectivity index (χ4v) is 2.18. The summed E-state index contributed by atoms with van der Waals surface area (Å²) in [5, 5.41) is 0.783. The lowest BCUT2D eigenvalue weighted by molar-refractivity contribution is -0.155. The van der Waals surface area contributed by atoms with Gasteiger partial charge in [-0.2, -0.15) is 5.01 Å². The first-order valence-electron chi connectivity index (χ1n) is 6.96. The van der Waals surface area contributed by atoms with E-state index in [1.165, 1.54) is 0 Å². The first-order valence-corrected chi connectivity index (χ1v) is 6.96. The van der Waals surface area contributed by atoms with Gasteiger partial charge in [0.25, 0.3) is 5.91 Å². The van der Waals surface area contributed by atoms with E-state index in [1.54, 1.807) is 0 Å². The Kier molecular flexibility index (Phi) is 4.92. The number of nitrogens with one attached hydrogen (secondary N) is 1. The summed E-state index contributed by atoms with van der Waals surface area (Å²) >= 11 is 0. The summed E-state index contributed by atoms with van der Waals surface area (Å²) in [5.41, 5.74) is 3.06. The molecule has 6 nitrogen and oxygen atoms in total. The van der Waals surface area contributed by atoms with E-state index in [4.69, 9.17) is 4.74 Å². The normalized spacial score (nSPS) is 18.5. The molecule has 0 bridgehead atoms. The van der Waals surface area contributed by atoms with Gasteiger partial charge in [-0.1, -0.05) is 37.3 Å². The van der Waals surface area contributed by atoms with E-state index < -0.39 is 12.0 Å². The molecule has 1 fully saturated rings. The zero-order valence-corrected chi connectivity index (χ0v) is 11.9. The number of imide groups is 1. The summed E-state index contributed by atoms with van der Waals surface area (Å²) in [6.45, 7) is 1.96. The lowest BCUT2D eigenvalue weighted by Gasteiger charge is -2.29. The number of carbonyl (C=O) groups excluding carboxylic acids is 3. The van der Waals surface area contributed by atoms with Crippen molar-refractivity contribution in [1.82, 2.24) is 10.4 Å². The second-order valence-electron chi connectivity index (χ2n) is 4.88. The molecule has 1 aromatic carbocycles. The van der Waals surface area contributed by atoms with Gasteiger partial charge in [0, 0.05) is 12.3 Å². The Labute approximate surface area is 123 Å². The maximum absolute atomic E-state index is 12.0. The zero-order valence-electron chi connectivity index (χ0n) is 11.9. The highest BCUT2D eigenvalue weighted by Gasteiger charge is 2.34. The topological polar surface area (TPSA) is 75.7 Å². The minimum Gasteiger partial charge on any atom is -0.443 e. The van der Waals surface area contributed by atoms with E-state index in [0.29, 0.717) is 12.8 Å². The third-order valence-electron chi connectivity index (χ3n) is 3.43. The van der Waals surface area contributed by atoms with Crippen molar-refractivity contribution in [3.63, 3.8) is 0 Å². The van der Waals surface area contributed by atoms with Crippen LogP contribution in [0.25, 0.3) is 0 Å². The fourth-order valence-electron chi connectivity index (χ4n) is 2.18. The number of benzene rings is 1. The van der Waals surface area contributed by atoms with Crippen molar-refractivity contribution in [2.45, 2.75) is 32.8 Å². The molecule has 1 atom stereocenters. The van der Waals surface area contributed by atoms with Gasteiger partial charge >= 0.3 is 6.09 Å². The largest absolute Gasteiger partial charge is 0.443 e. The van der Waals surface area contributed by atoms with Crippen LogP contribution in [-0.4, -0.2) is 22.9 Å². The molecule has 21 heavy (non-hydrogen) atoms. The van der Waals surface area contributed by atoms with Gasteiger partial charge in [0.2, 0.25) is 5.91 Å². The molecule has 0 saturated carbocycles. The van der Waals surface area contributed by atoms with E-state index in [-0.39, 0.29) is 24.9 Å². The molecule has 1 aromatic rings. The third-order valence-corrected chi connectivity index (χ3v) is 3.43. The molecule has 6 heteroatoms. The molecule has 0 aliphatic carbocycles. The number of hydrogen-bond acceptors (Lipinski definition) is 4. The van der Waals surface area contributed by atoms with E-state index in [2.05, 4.69) is 5.43 Å². The molecular weight excluding hydrogens is 272 g/mol. The van der Waals surface area contributed by atoms with Gasteiger partial charge in [-0.25, -0.2) is 10.2 Å². The Morgan fingerprint density at radius 1 is 1.33 bits per heavy atom. The first kappa shape index (κ1) is 15.0. The van der Waals surface area contributed by atoms with Crippen LogP contribution in [0.4, 0.5) is 4.79 Å². The molecule has 1 heterocycles. The van der Waals surface area contributed by atoms with Crippen LogP contribution in [0.5, 0.6) is 0 Å². The van der Waals surface area contributed by atoms with Crippen LogP contribution in [0.2, 0.25) is 0 Å². The summed E-state index contributed by atoms with van der Waals surface area (Å²) in [6.07, 6.45) is 0.620. The number of hydrogen-bond donors (Lipinski definition) is 1. The van der Waals surface area contributed by atoms with E-state index >= 15 is 0 Å². The molecule has 0 aromatic heterocycles. The van der Waals surface area contributed by atoms with E-state index in [1.807, 2.05) is 37.3 Å². The lowest BCUT2D eigenvalue weighted by atomic mass is 9.95. The Hall–Kier alpha value is -2.37. The Morgan fingerprint density at radius 3 is 2.71 bits per heavy atom. The van der Waals surface area contributed by atoms with E-state index in [0.717, 1.165) is 10.6 Å². The zero-order chi connectivity index (χ0) is 15.2. The minimum absolute atomic E-state index is 0.0834. The van der Waals surface area contributed by atoms with E-state index in [9.17, 15) is 14.4 Å². The van der Waals surface area contributed by atoms with Gasteiger partial charge in [-0.3, -0.25) is 9.59 Å². The molecule has 112 valence electrons.